The van der Waals surface area contributed by atoms with Crippen LogP contribution in [0.25, 0.3) is 0 Å². The number of hydrogen-bond acceptors (Lipinski definition) is 3. The molecule has 0 saturated heterocycles. The molecule has 0 aliphatic heterocycles. The zero-order chi connectivity index (χ0) is 9.68. The predicted molar refractivity (Wildman–Crippen MR) is 48.4 cm³/mol. The highest BCUT2D eigenvalue weighted by atomic mass is 16.5. The largest absolute Gasteiger partial charge is 0.480 e. The second-order valence-electron chi connectivity index (χ2n) is 3.54. The number of carboxylic acid groups (broad SMARTS) is 1. The van der Waals surface area contributed by atoms with E-state index in [1.807, 2.05) is 0 Å². The predicted octanol–water partition coefficient (Wildman–Crippen LogP) is 0.748. The summed E-state index contributed by atoms with van der Waals surface area (Å²) in [4.78, 5) is 10.4. The third-order valence-corrected chi connectivity index (χ3v) is 2.38. The standard InChI is InChI=1S/C9H17NO3/c10-8(9(11)12)6-13-7-4-2-1-3-5-7/h7-8H,1-6,10H2,(H,11,12)/t8-/m0/s1. The Hall–Kier alpha value is -0.610. The van der Waals surface area contributed by atoms with Gasteiger partial charge in [0, 0.05) is 0 Å². The van der Waals surface area contributed by atoms with Crippen LogP contribution in [0.1, 0.15) is 32.1 Å². The second-order valence-corrected chi connectivity index (χ2v) is 3.54. The molecule has 76 valence electrons. The summed E-state index contributed by atoms with van der Waals surface area (Å²) in [5.74, 6) is -0.990. The van der Waals surface area contributed by atoms with Crippen LogP contribution in [0.4, 0.5) is 0 Å². The van der Waals surface area contributed by atoms with Gasteiger partial charge >= 0.3 is 5.97 Å². The van der Waals surface area contributed by atoms with Gasteiger partial charge in [0.25, 0.3) is 0 Å². The SMILES string of the molecule is N[C@@H](COC1CCCCC1)C(=O)O. The van der Waals surface area contributed by atoms with Crippen LogP contribution in [-0.4, -0.2) is 29.8 Å². The molecule has 0 aromatic heterocycles. The number of carbonyl (C=O) groups is 1. The molecule has 1 atom stereocenters. The van der Waals surface area contributed by atoms with Crippen LogP contribution in [0.5, 0.6) is 0 Å². The number of carboxylic acids is 1. The van der Waals surface area contributed by atoms with Crippen molar-refractivity contribution in [2.45, 2.75) is 44.2 Å². The Balaban J connectivity index is 2.13. The molecule has 0 aromatic carbocycles. The van der Waals surface area contributed by atoms with Crippen LogP contribution in [0.3, 0.4) is 0 Å². The summed E-state index contributed by atoms with van der Waals surface area (Å²) in [7, 11) is 0. The number of ether oxygens (including phenoxy) is 1. The van der Waals surface area contributed by atoms with Crippen LogP contribution >= 0.6 is 0 Å². The second kappa shape index (κ2) is 5.19. The van der Waals surface area contributed by atoms with Crippen molar-refractivity contribution in [3.05, 3.63) is 0 Å². The van der Waals surface area contributed by atoms with E-state index in [-0.39, 0.29) is 12.7 Å². The maximum absolute atomic E-state index is 10.4. The van der Waals surface area contributed by atoms with E-state index < -0.39 is 12.0 Å². The maximum atomic E-state index is 10.4. The van der Waals surface area contributed by atoms with Crippen LogP contribution in [0.15, 0.2) is 0 Å². The Morgan fingerprint density at radius 1 is 1.46 bits per heavy atom. The van der Waals surface area contributed by atoms with Crippen molar-refractivity contribution in [1.82, 2.24) is 0 Å². The van der Waals surface area contributed by atoms with Crippen LogP contribution < -0.4 is 5.73 Å². The fourth-order valence-electron chi connectivity index (χ4n) is 1.54. The first-order valence-electron chi connectivity index (χ1n) is 4.80. The highest BCUT2D eigenvalue weighted by molar-refractivity contribution is 5.73. The zero-order valence-corrected chi connectivity index (χ0v) is 7.74. The van der Waals surface area contributed by atoms with Gasteiger partial charge in [0.1, 0.15) is 6.04 Å². The Bertz CT molecular complexity index is 166. The van der Waals surface area contributed by atoms with Crippen LogP contribution in [0.2, 0.25) is 0 Å². The molecular formula is C9H17NO3. The summed E-state index contributed by atoms with van der Waals surface area (Å²) in [5.41, 5.74) is 5.31. The van der Waals surface area contributed by atoms with Gasteiger partial charge in [-0.3, -0.25) is 4.79 Å². The van der Waals surface area contributed by atoms with E-state index in [0.29, 0.717) is 0 Å². The number of hydrogen-bond donors (Lipinski definition) is 2. The number of aliphatic carboxylic acids is 1. The van der Waals surface area contributed by atoms with Gasteiger partial charge in [-0.2, -0.15) is 0 Å². The lowest BCUT2D eigenvalue weighted by molar-refractivity contribution is -0.140. The van der Waals surface area contributed by atoms with Crippen molar-refractivity contribution in [1.29, 1.82) is 0 Å². The van der Waals surface area contributed by atoms with E-state index >= 15 is 0 Å². The molecule has 1 saturated carbocycles. The smallest absolute Gasteiger partial charge is 0.322 e. The van der Waals surface area contributed by atoms with Gasteiger partial charge in [-0.25, -0.2) is 0 Å². The minimum absolute atomic E-state index is 0.139. The van der Waals surface area contributed by atoms with Gasteiger partial charge in [0.05, 0.1) is 12.7 Å². The fraction of sp³-hybridized carbons (Fsp3) is 0.889. The molecule has 0 heterocycles. The van der Waals surface area contributed by atoms with Gasteiger partial charge in [-0.15, -0.1) is 0 Å². The quantitative estimate of drug-likeness (QED) is 0.681. The van der Waals surface area contributed by atoms with Gasteiger partial charge in [0.2, 0.25) is 0 Å². The molecule has 0 amide bonds. The first-order chi connectivity index (χ1) is 6.20. The van der Waals surface area contributed by atoms with Crippen molar-refractivity contribution in [3.8, 4) is 0 Å². The third kappa shape index (κ3) is 3.74. The summed E-state index contributed by atoms with van der Waals surface area (Å²) in [6.07, 6.45) is 5.97. The van der Waals surface area contributed by atoms with E-state index in [9.17, 15) is 4.79 Å². The summed E-state index contributed by atoms with van der Waals surface area (Å²) in [6.45, 7) is 0.139. The molecule has 4 heteroatoms. The first kappa shape index (κ1) is 10.5. The van der Waals surface area contributed by atoms with E-state index in [2.05, 4.69) is 0 Å². The molecule has 0 spiro atoms. The minimum atomic E-state index is -0.990. The minimum Gasteiger partial charge on any atom is -0.480 e. The Kier molecular flexibility index (Phi) is 4.18. The molecule has 13 heavy (non-hydrogen) atoms. The summed E-state index contributed by atoms with van der Waals surface area (Å²) >= 11 is 0. The molecule has 0 aromatic rings. The van der Waals surface area contributed by atoms with Gasteiger partial charge in [0.15, 0.2) is 0 Å². The Morgan fingerprint density at radius 2 is 2.08 bits per heavy atom. The summed E-state index contributed by atoms with van der Waals surface area (Å²) in [5, 5.41) is 8.51. The van der Waals surface area contributed by atoms with Crippen molar-refractivity contribution in [3.63, 3.8) is 0 Å². The normalized spacial score (nSPS) is 21.3. The van der Waals surface area contributed by atoms with Gasteiger partial charge in [-0.05, 0) is 12.8 Å². The van der Waals surface area contributed by atoms with E-state index in [0.717, 1.165) is 12.8 Å². The van der Waals surface area contributed by atoms with E-state index in [1.165, 1.54) is 19.3 Å². The number of nitrogens with two attached hydrogens (primary N) is 1. The lowest BCUT2D eigenvalue weighted by Gasteiger charge is -2.22. The van der Waals surface area contributed by atoms with Crippen LogP contribution in [-0.2, 0) is 9.53 Å². The topological polar surface area (TPSA) is 72.5 Å². The molecule has 4 nitrogen and oxygen atoms in total. The highest BCUT2D eigenvalue weighted by Gasteiger charge is 2.17. The maximum Gasteiger partial charge on any atom is 0.322 e. The monoisotopic (exact) mass is 187 g/mol. The van der Waals surface area contributed by atoms with Crippen molar-refractivity contribution in [2.75, 3.05) is 6.61 Å². The molecule has 1 aliphatic carbocycles. The molecule has 0 bridgehead atoms. The molecule has 1 fully saturated rings. The zero-order valence-electron chi connectivity index (χ0n) is 7.74. The Morgan fingerprint density at radius 3 is 2.62 bits per heavy atom. The highest BCUT2D eigenvalue weighted by Crippen LogP contribution is 2.20. The number of rotatable bonds is 4. The molecule has 0 unspecified atom stereocenters. The molecule has 1 aliphatic rings. The fourth-order valence-corrected chi connectivity index (χ4v) is 1.54. The summed E-state index contributed by atoms with van der Waals surface area (Å²) in [6, 6.07) is -0.873. The third-order valence-electron chi connectivity index (χ3n) is 2.38. The van der Waals surface area contributed by atoms with Gasteiger partial charge in [-0.1, -0.05) is 19.3 Å². The van der Waals surface area contributed by atoms with E-state index in [1.54, 1.807) is 0 Å². The lowest BCUT2D eigenvalue weighted by Crippen LogP contribution is -2.36. The Labute approximate surface area is 78.1 Å². The average Bonchev–Trinajstić information content (AvgIpc) is 2.15. The lowest BCUT2D eigenvalue weighted by atomic mass is 9.98. The van der Waals surface area contributed by atoms with Crippen molar-refractivity contribution >= 4 is 5.97 Å². The molecule has 0 radical (unpaired) electrons. The molecule has 3 N–H and O–H groups in total. The van der Waals surface area contributed by atoms with Crippen molar-refractivity contribution < 1.29 is 14.6 Å². The van der Waals surface area contributed by atoms with E-state index in [4.69, 9.17) is 15.6 Å². The van der Waals surface area contributed by atoms with Crippen molar-refractivity contribution in [2.24, 2.45) is 5.73 Å². The average molecular weight is 187 g/mol. The first-order valence-corrected chi connectivity index (χ1v) is 4.80. The van der Waals surface area contributed by atoms with Crippen LogP contribution in [0, 0.1) is 0 Å². The summed E-state index contributed by atoms with van der Waals surface area (Å²) < 4.78 is 5.40. The molecular weight excluding hydrogens is 170 g/mol. The molecule has 1 rings (SSSR count). The van der Waals surface area contributed by atoms with Gasteiger partial charge < -0.3 is 15.6 Å².